The van der Waals surface area contributed by atoms with E-state index >= 15 is 0 Å². The first kappa shape index (κ1) is 29.3. The maximum atomic E-state index is 13.4. The molecule has 1 aromatic carbocycles. The van der Waals surface area contributed by atoms with Crippen LogP contribution in [-0.2, 0) is 16.0 Å². The SMILES string of the molecule is Cc1cc(N(C)C)nc(C2CCCN(C(=O)CN3CCC4(CCCCc5ccccc5OCCNC4=O)CC3)C2)n1. The molecule has 1 aromatic heterocycles. The van der Waals surface area contributed by atoms with E-state index < -0.39 is 0 Å². The highest BCUT2D eigenvalue weighted by atomic mass is 16.5. The molecule has 2 fully saturated rings. The quantitative estimate of drug-likeness (QED) is 0.609. The Labute approximate surface area is 244 Å². The van der Waals surface area contributed by atoms with Crippen LogP contribution in [0.25, 0.3) is 0 Å². The number of amides is 2. The number of ether oxygens (including phenoxy) is 1. The molecule has 1 unspecified atom stereocenters. The van der Waals surface area contributed by atoms with Crippen molar-refractivity contribution in [2.24, 2.45) is 5.41 Å². The van der Waals surface area contributed by atoms with Crippen molar-refractivity contribution < 1.29 is 14.3 Å². The van der Waals surface area contributed by atoms with Crippen LogP contribution in [0.15, 0.2) is 30.3 Å². The summed E-state index contributed by atoms with van der Waals surface area (Å²) < 4.78 is 5.99. The van der Waals surface area contributed by atoms with Crippen LogP contribution in [-0.4, -0.2) is 91.6 Å². The van der Waals surface area contributed by atoms with Gasteiger partial charge in [0.15, 0.2) is 0 Å². The highest BCUT2D eigenvalue weighted by Gasteiger charge is 2.41. The Morgan fingerprint density at radius 3 is 2.71 bits per heavy atom. The van der Waals surface area contributed by atoms with Crippen molar-refractivity contribution in [3.05, 3.63) is 47.4 Å². The number of fused-ring (bicyclic) bond motifs is 1. The van der Waals surface area contributed by atoms with E-state index in [9.17, 15) is 9.59 Å². The molecule has 222 valence electrons. The molecule has 41 heavy (non-hydrogen) atoms. The number of carbonyl (C=O) groups excluding carboxylic acids is 2. The maximum Gasteiger partial charge on any atom is 0.236 e. The average Bonchev–Trinajstić information content (AvgIpc) is 2.98. The summed E-state index contributed by atoms with van der Waals surface area (Å²) in [6, 6.07) is 10.2. The number of nitrogens with zero attached hydrogens (tertiary/aromatic N) is 5. The summed E-state index contributed by atoms with van der Waals surface area (Å²) in [4.78, 5) is 42.6. The Kier molecular flexibility index (Phi) is 9.42. The number of carbonyl (C=O) groups is 2. The second-order valence-electron chi connectivity index (χ2n) is 12.3. The summed E-state index contributed by atoms with van der Waals surface area (Å²) in [6.45, 7) is 6.38. The number of rotatable bonds is 4. The smallest absolute Gasteiger partial charge is 0.236 e. The van der Waals surface area contributed by atoms with Crippen LogP contribution in [0.4, 0.5) is 5.82 Å². The fourth-order valence-electron chi connectivity index (χ4n) is 6.56. The topological polar surface area (TPSA) is 90.9 Å². The standard InChI is InChI=1S/C32H46N6O3/c1-24-21-28(36(2)3)35-30(34-24)26-11-8-17-38(22-26)29(39)23-37-18-14-32(15-19-37)13-7-6-10-25-9-4-5-12-27(25)41-20-16-33-31(32)40/h4-5,9,12,21,26H,6-8,10-11,13-20,22-23H2,1-3H3,(H,33,40). The van der Waals surface area contributed by atoms with E-state index in [1.165, 1.54) is 5.56 Å². The Morgan fingerprint density at radius 1 is 1.10 bits per heavy atom. The predicted octanol–water partition coefficient (Wildman–Crippen LogP) is 3.56. The third-order valence-electron chi connectivity index (χ3n) is 9.08. The predicted molar refractivity (Wildman–Crippen MR) is 160 cm³/mol. The van der Waals surface area contributed by atoms with Gasteiger partial charge in [-0.25, -0.2) is 9.97 Å². The first-order valence-corrected chi connectivity index (χ1v) is 15.3. The Balaban J connectivity index is 1.16. The van der Waals surface area contributed by atoms with E-state index in [1.54, 1.807) is 0 Å². The molecule has 5 rings (SSSR count). The summed E-state index contributed by atoms with van der Waals surface area (Å²) in [7, 11) is 3.98. The summed E-state index contributed by atoms with van der Waals surface area (Å²) >= 11 is 0. The zero-order chi connectivity index (χ0) is 28.8. The molecule has 2 aromatic rings. The normalized spacial score (nSPS) is 22.1. The molecule has 0 bridgehead atoms. The van der Waals surface area contributed by atoms with Crippen LogP contribution in [0.5, 0.6) is 5.75 Å². The number of piperidine rings is 2. The van der Waals surface area contributed by atoms with E-state index in [-0.39, 0.29) is 23.1 Å². The van der Waals surface area contributed by atoms with E-state index in [4.69, 9.17) is 14.7 Å². The third kappa shape index (κ3) is 7.18. The first-order chi connectivity index (χ1) is 19.8. The largest absolute Gasteiger partial charge is 0.491 e. The number of hydrogen-bond acceptors (Lipinski definition) is 7. The van der Waals surface area contributed by atoms with Crippen LogP contribution in [0.2, 0.25) is 0 Å². The van der Waals surface area contributed by atoms with Gasteiger partial charge < -0.3 is 19.9 Å². The molecular weight excluding hydrogens is 516 g/mol. The lowest BCUT2D eigenvalue weighted by atomic mass is 9.73. The van der Waals surface area contributed by atoms with Crippen molar-refractivity contribution in [1.82, 2.24) is 25.1 Å². The fraction of sp³-hybridized carbons (Fsp3) is 0.625. The maximum absolute atomic E-state index is 13.4. The average molecular weight is 563 g/mol. The van der Waals surface area contributed by atoms with Gasteiger partial charge in [0.05, 0.1) is 18.5 Å². The number of nitrogens with one attached hydrogen (secondary N) is 1. The minimum atomic E-state index is -0.360. The zero-order valence-electron chi connectivity index (χ0n) is 25.0. The van der Waals surface area contributed by atoms with Crippen LogP contribution in [0.1, 0.15) is 67.9 Å². The molecule has 9 heteroatoms. The molecule has 1 spiro atoms. The van der Waals surface area contributed by atoms with Gasteiger partial charge in [0.25, 0.3) is 0 Å². The molecule has 0 saturated carbocycles. The van der Waals surface area contributed by atoms with Gasteiger partial charge in [-0.2, -0.15) is 0 Å². The van der Waals surface area contributed by atoms with E-state index in [0.29, 0.717) is 26.2 Å². The van der Waals surface area contributed by atoms with Gasteiger partial charge in [0.1, 0.15) is 24.0 Å². The lowest BCUT2D eigenvalue weighted by Gasteiger charge is -2.41. The monoisotopic (exact) mass is 562 g/mol. The van der Waals surface area contributed by atoms with Gasteiger partial charge in [0, 0.05) is 44.9 Å². The lowest BCUT2D eigenvalue weighted by molar-refractivity contribution is -0.137. The van der Waals surface area contributed by atoms with Gasteiger partial charge in [-0.05, 0) is 76.6 Å². The van der Waals surface area contributed by atoms with Crippen molar-refractivity contribution in [2.45, 2.75) is 64.2 Å². The van der Waals surface area contributed by atoms with Gasteiger partial charge in [0.2, 0.25) is 11.8 Å². The second-order valence-corrected chi connectivity index (χ2v) is 12.3. The minimum Gasteiger partial charge on any atom is -0.491 e. The summed E-state index contributed by atoms with van der Waals surface area (Å²) in [5, 5.41) is 3.16. The number of benzene rings is 1. The van der Waals surface area contributed by atoms with Crippen LogP contribution >= 0.6 is 0 Å². The van der Waals surface area contributed by atoms with E-state index in [1.807, 2.05) is 49.0 Å². The summed E-state index contributed by atoms with van der Waals surface area (Å²) in [5.41, 5.74) is 1.84. The first-order valence-electron chi connectivity index (χ1n) is 15.3. The lowest BCUT2D eigenvalue weighted by Crippen LogP contribution is -2.52. The number of aryl methyl sites for hydroxylation is 2. The van der Waals surface area contributed by atoms with Crippen molar-refractivity contribution in [1.29, 1.82) is 0 Å². The van der Waals surface area contributed by atoms with Crippen molar-refractivity contribution in [3.63, 3.8) is 0 Å². The minimum absolute atomic E-state index is 0.148. The third-order valence-corrected chi connectivity index (χ3v) is 9.08. The van der Waals surface area contributed by atoms with Crippen LogP contribution < -0.4 is 15.0 Å². The van der Waals surface area contributed by atoms with Gasteiger partial charge in [-0.15, -0.1) is 0 Å². The molecule has 0 aliphatic carbocycles. The van der Waals surface area contributed by atoms with Gasteiger partial charge in [-0.1, -0.05) is 24.6 Å². The molecule has 1 N–H and O–H groups in total. The molecule has 3 aliphatic rings. The highest BCUT2D eigenvalue weighted by Crippen LogP contribution is 2.38. The number of para-hydroxylation sites is 1. The van der Waals surface area contributed by atoms with Gasteiger partial charge >= 0.3 is 0 Å². The Bertz CT molecular complexity index is 1210. The number of likely N-dealkylation sites (tertiary alicyclic amines) is 2. The van der Waals surface area contributed by atoms with Crippen molar-refractivity contribution in [3.8, 4) is 5.75 Å². The molecule has 3 aliphatic heterocycles. The second kappa shape index (κ2) is 13.2. The van der Waals surface area contributed by atoms with Crippen molar-refractivity contribution in [2.75, 3.05) is 64.9 Å². The molecule has 2 amide bonds. The number of anilines is 1. The van der Waals surface area contributed by atoms with Gasteiger partial charge in [-0.3, -0.25) is 14.5 Å². The molecule has 9 nitrogen and oxygen atoms in total. The number of hydrogen-bond donors (Lipinski definition) is 1. The van der Waals surface area contributed by atoms with Crippen LogP contribution in [0.3, 0.4) is 0 Å². The van der Waals surface area contributed by atoms with E-state index in [2.05, 4.69) is 22.3 Å². The van der Waals surface area contributed by atoms with Crippen molar-refractivity contribution >= 4 is 17.6 Å². The molecular formula is C32H46N6O3. The molecule has 1 atom stereocenters. The molecule has 4 heterocycles. The number of aromatic nitrogens is 2. The summed E-state index contributed by atoms with van der Waals surface area (Å²) in [6.07, 6.45) is 7.44. The molecule has 2 saturated heterocycles. The Morgan fingerprint density at radius 2 is 1.90 bits per heavy atom. The van der Waals surface area contributed by atoms with Crippen LogP contribution in [0, 0.1) is 12.3 Å². The van der Waals surface area contributed by atoms with E-state index in [0.717, 1.165) is 94.1 Å². The fourth-order valence-corrected chi connectivity index (χ4v) is 6.56. The summed E-state index contributed by atoms with van der Waals surface area (Å²) in [5.74, 6) is 3.16. The molecule has 0 radical (unpaired) electrons. The Hall–Kier alpha value is -3.20. The highest BCUT2D eigenvalue weighted by molar-refractivity contribution is 5.83. The zero-order valence-corrected chi connectivity index (χ0v) is 25.0.